The van der Waals surface area contributed by atoms with Crippen LogP contribution in [-0.2, 0) is 23.8 Å². The third kappa shape index (κ3) is 2.33. The van der Waals surface area contributed by atoms with Gasteiger partial charge in [-0.2, -0.15) is 0 Å². The average molecular weight is 308 g/mol. The first-order valence-electron chi connectivity index (χ1n) is 6.83. The highest BCUT2D eigenvalue weighted by Gasteiger charge is 2.62. The molecule has 7 heteroatoms. The van der Waals surface area contributed by atoms with Crippen molar-refractivity contribution in [3.8, 4) is 0 Å². The summed E-state index contributed by atoms with van der Waals surface area (Å²) in [5, 5.41) is 10.5. The molecule has 0 amide bonds. The van der Waals surface area contributed by atoms with Crippen LogP contribution in [0.25, 0.3) is 0 Å². The molecule has 1 aromatic rings. The van der Waals surface area contributed by atoms with Crippen LogP contribution < -0.4 is 0 Å². The number of cyclic esters (lactones) is 1. The number of hydrogen-bond donors (Lipinski definition) is 1. The highest BCUT2D eigenvalue weighted by Crippen LogP contribution is 2.39. The molecule has 0 unspecified atom stereocenters. The number of esters is 3. The van der Waals surface area contributed by atoms with Crippen molar-refractivity contribution >= 4 is 17.9 Å². The number of aliphatic hydroxyl groups excluding tert-OH is 1. The van der Waals surface area contributed by atoms with Gasteiger partial charge in [0.2, 0.25) is 0 Å². The zero-order chi connectivity index (χ0) is 16.3. The molecule has 0 aromatic heterocycles. The Kier molecular flexibility index (Phi) is 4.46. The van der Waals surface area contributed by atoms with Gasteiger partial charge in [-0.3, -0.25) is 0 Å². The fraction of sp³-hybridized carbons (Fsp3) is 0.400. The first-order valence-corrected chi connectivity index (χ1v) is 6.83. The van der Waals surface area contributed by atoms with Crippen LogP contribution in [0.4, 0.5) is 0 Å². The Morgan fingerprint density at radius 3 is 2.27 bits per heavy atom. The Morgan fingerprint density at radius 1 is 1.18 bits per heavy atom. The third-order valence-electron chi connectivity index (χ3n) is 3.27. The number of rotatable bonds is 4. The van der Waals surface area contributed by atoms with Crippen molar-refractivity contribution in [1.82, 2.24) is 0 Å². The summed E-state index contributed by atoms with van der Waals surface area (Å²) in [6, 6.07) is 6.02. The zero-order valence-corrected chi connectivity index (χ0v) is 12.2. The van der Waals surface area contributed by atoms with Gasteiger partial charge in [-0.25, -0.2) is 14.4 Å². The van der Waals surface area contributed by atoms with E-state index in [0.29, 0.717) is 0 Å². The van der Waals surface area contributed by atoms with E-state index in [9.17, 15) is 19.5 Å². The molecule has 22 heavy (non-hydrogen) atoms. The minimum Gasteiger partial charge on any atom is -0.462 e. The van der Waals surface area contributed by atoms with Crippen LogP contribution in [0.2, 0.25) is 0 Å². The standard InChI is InChI=1S/C15H16O7/c1-3-20-13(18)15(14(19)21-4-2)11(16)9-7-5-6-8-10(9)12(17)22-15/h5-8,11,16H,3-4H2,1-2H3/t11-/m1/s1. The van der Waals surface area contributed by atoms with Crippen molar-refractivity contribution in [3.05, 3.63) is 35.4 Å². The fourth-order valence-corrected chi connectivity index (χ4v) is 2.26. The molecule has 0 aliphatic carbocycles. The van der Waals surface area contributed by atoms with E-state index in [4.69, 9.17) is 14.2 Å². The van der Waals surface area contributed by atoms with Gasteiger partial charge in [-0.05, 0) is 19.9 Å². The van der Waals surface area contributed by atoms with E-state index in [0.717, 1.165) is 0 Å². The molecule has 1 heterocycles. The first kappa shape index (κ1) is 16.0. The van der Waals surface area contributed by atoms with Crippen LogP contribution in [0.15, 0.2) is 24.3 Å². The molecule has 0 radical (unpaired) electrons. The second-order valence-electron chi connectivity index (χ2n) is 4.56. The minimum absolute atomic E-state index is 0.0497. The molecular formula is C15H16O7. The van der Waals surface area contributed by atoms with Crippen molar-refractivity contribution in [2.75, 3.05) is 13.2 Å². The molecule has 1 N–H and O–H groups in total. The van der Waals surface area contributed by atoms with Gasteiger partial charge in [-0.1, -0.05) is 18.2 Å². The van der Waals surface area contributed by atoms with E-state index >= 15 is 0 Å². The van der Waals surface area contributed by atoms with Crippen molar-refractivity contribution < 1.29 is 33.7 Å². The number of aliphatic hydroxyl groups is 1. The monoisotopic (exact) mass is 308 g/mol. The topological polar surface area (TPSA) is 99.1 Å². The third-order valence-corrected chi connectivity index (χ3v) is 3.27. The van der Waals surface area contributed by atoms with Gasteiger partial charge in [0.25, 0.3) is 0 Å². The van der Waals surface area contributed by atoms with Gasteiger partial charge >= 0.3 is 23.5 Å². The summed E-state index contributed by atoms with van der Waals surface area (Å²) in [6.45, 7) is 2.96. The molecular weight excluding hydrogens is 292 g/mol. The van der Waals surface area contributed by atoms with Crippen molar-refractivity contribution in [2.45, 2.75) is 25.6 Å². The summed E-state index contributed by atoms with van der Waals surface area (Å²) in [5.41, 5.74) is -2.35. The summed E-state index contributed by atoms with van der Waals surface area (Å²) in [4.78, 5) is 36.6. The lowest BCUT2D eigenvalue weighted by Crippen LogP contribution is -2.58. The molecule has 1 aliphatic rings. The molecule has 0 spiro atoms. The fourth-order valence-electron chi connectivity index (χ4n) is 2.26. The van der Waals surface area contributed by atoms with Gasteiger partial charge in [0.1, 0.15) is 6.10 Å². The van der Waals surface area contributed by atoms with Crippen molar-refractivity contribution in [3.63, 3.8) is 0 Å². The molecule has 118 valence electrons. The van der Waals surface area contributed by atoms with Gasteiger partial charge in [0.15, 0.2) is 0 Å². The summed E-state index contributed by atoms with van der Waals surface area (Å²) in [6.07, 6.45) is -1.71. The molecule has 7 nitrogen and oxygen atoms in total. The van der Waals surface area contributed by atoms with Crippen molar-refractivity contribution in [2.24, 2.45) is 0 Å². The Labute approximate surface area is 126 Å². The predicted molar refractivity (Wildman–Crippen MR) is 72.8 cm³/mol. The van der Waals surface area contributed by atoms with Crippen LogP contribution >= 0.6 is 0 Å². The van der Waals surface area contributed by atoms with E-state index in [1.807, 2.05) is 0 Å². The molecule has 0 saturated heterocycles. The lowest BCUT2D eigenvalue weighted by molar-refractivity contribution is -0.199. The quantitative estimate of drug-likeness (QED) is 0.498. The minimum atomic E-state index is -2.54. The van der Waals surface area contributed by atoms with Gasteiger partial charge < -0.3 is 19.3 Å². The maximum atomic E-state index is 12.2. The lowest BCUT2D eigenvalue weighted by Gasteiger charge is -2.36. The number of ether oxygens (including phenoxy) is 3. The number of fused-ring (bicyclic) bond motifs is 1. The normalized spacial score (nSPS) is 18.9. The summed E-state index contributed by atoms with van der Waals surface area (Å²) < 4.78 is 14.6. The molecule has 2 rings (SSSR count). The second kappa shape index (κ2) is 6.15. The summed E-state index contributed by atoms with van der Waals surface area (Å²) >= 11 is 0. The van der Waals surface area contributed by atoms with E-state index < -0.39 is 29.6 Å². The maximum absolute atomic E-state index is 12.2. The Balaban J connectivity index is 2.57. The van der Waals surface area contributed by atoms with E-state index in [1.165, 1.54) is 26.0 Å². The predicted octanol–water partition coefficient (Wildman–Crippen LogP) is 0.755. The second-order valence-corrected chi connectivity index (χ2v) is 4.56. The molecule has 0 fully saturated rings. The number of carbonyl (C=O) groups excluding carboxylic acids is 3. The highest BCUT2D eigenvalue weighted by atomic mass is 16.6. The zero-order valence-electron chi connectivity index (χ0n) is 12.2. The molecule has 1 aliphatic heterocycles. The Morgan fingerprint density at radius 2 is 1.73 bits per heavy atom. The lowest BCUT2D eigenvalue weighted by atomic mass is 9.85. The maximum Gasteiger partial charge on any atom is 0.365 e. The largest absolute Gasteiger partial charge is 0.462 e. The Hall–Kier alpha value is -2.41. The van der Waals surface area contributed by atoms with Crippen LogP contribution in [0, 0.1) is 0 Å². The van der Waals surface area contributed by atoms with Gasteiger partial charge in [-0.15, -0.1) is 0 Å². The van der Waals surface area contributed by atoms with Gasteiger partial charge in [0, 0.05) is 5.56 Å². The number of hydrogen-bond acceptors (Lipinski definition) is 7. The van der Waals surface area contributed by atoms with Crippen molar-refractivity contribution in [1.29, 1.82) is 0 Å². The highest BCUT2D eigenvalue weighted by molar-refractivity contribution is 6.09. The van der Waals surface area contributed by atoms with Gasteiger partial charge in [0.05, 0.1) is 18.8 Å². The van der Waals surface area contributed by atoms with Crippen LogP contribution in [-0.4, -0.2) is 41.8 Å². The summed E-state index contributed by atoms with van der Waals surface area (Å²) in [5.74, 6) is -3.23. The smallest absolute Gasteiger partial charge is 0.365 e. The first-order chi connectivity index (χ1) is 10.5. The van der Waals surface area contributed by atoms with E-state index in [-0.39, 0.29) is 24.3 Å². The van der Waals surface area contributed by atoms with Crippen LogP contribution in [0.1, 0.15) is 35.9 Å². The average Bonchev–Trinajstić information content (AvgIpc) is 2.51. The Bertz CT molecular complexity index is 590. The van der Waals surface area contributed by atoms with E-state index in [2.05, 4.69) is 0 Å². The van der Waals surface area contributed by atoms with Crippen LogP contribution in [0.5, 0.6) is 0 Å². The number of benzene rings is 1. The molecule has 0 saturated carbocycles. The van der Waals surface area contributed by atoms with Crippen LogP contribution in [0.3, 0.4) is 0 Å². The van der Waals surface area contributed by atoms with E-state index in [1.54, 1.807) is 12.1 Å². The summed E-state index contributed by atoms with van der Waals surface area (Å²) in [7, 11) is 0. The number of carbonyl (C=O) groups is 3. The molecule has 0 bridgehead atoms. The molecule has 1 aromatic carbocycles. The SMILES string of the molecule is CCOC(=O)C1(C(=O)OCC)OC(=O)c2ccccc2[C@H]1O. The molecule has 1 atom stereocenters.